The Morgan fingerprint density at radius 1 is 1.27 bits per heavy atom. The number of para-hydroxylation sites is 1. The number of nitrogens with one attached hydrogen (secondary N) is 2. The minimum Gasteiger partial charge on any atom is -0.378 e. The molecule has 26 heavy (non-hydrogen) atoms. The molecule has 0 aliphatic heterocycles. The molecule has 0 aliphatic rings. The zero-order valence-corrected chi connectivity index (χ0v) is 18.4. The maximum atomic E-state index is 11.1. The zero-order chi connectivity index (χ0) is 18.7. The maximum Gasteiger partial charge on any atom is 0.274 e. The minimum atomic E-state index is -0.374. The van der Waals surface area contributed by atoms with Crippen molar-refractivity contribution >= 4 is 35.6 Å². The highest BCUT2D eigenvalue weighted by molar-refractivity contribution is 14.0. The fourth-order valence-electron chi connectivity index (χ4n) is 2.48. The first kappa shape index (κ1) is 24.6. The Hall–Kier alpha value is -1.42. The van der Waals surface area contributed by atoms with E-state index in [4.69, 9.17) is 4.74 Å². The molecular formula is C18H31IN4O3. The molecule has 8 heteroatoms. The van der Waals surface area contributed by atoms with E-state index < -0.39 is 0 Å². The molecule has 1 atom stereocenters. The van der Waals surface area contributed by atoms with E-state index in [1.807, 2.05) is 13.8 Å². The highest BCUT2D eigenvalue weighted by Crippen LogP contribution is 2.18. The highest BCUT2D eigenvalue weighted by atomic mass is 127. The van der Waals surface area contributed by atoms with E-state index in [0.29, 0.717) is 24.0 Å². The van der Waals surface area contributed by atoms with Crippen LogP contribution in [0.4, 0.5) is 5.69 Å². The van der Waals surface area contributed by atoms with E-state index in [2.05, 4.69) is 29.5 Å². The summed E-state index contributed by atoms with van der Waals surface area (Å²) >= 11 is 0. The van der Waals surface area contributed by atoms with Gasteiger partial charge in [0, 0.05) is 25.8 Å². The summed E-state index contributed by atoms with van der Waals surface area (Å²) in [6.07, 6.45) is 1.08. The van der Waals surface area contributed by atoms with Crippen LogP contribution in [0.1, 0.15) is 39.7 Å². The zero-order valence-electron chi connectivity index (χ0n) is 16.0. The molecule has 1 aromatic carbocycles. The van der Waals surface area contributed by atoms with Crippen LogP contribution >= 0.6 is 24.0 Å². The number of guanidine groups is 1. The Morgan fingerprint density at radius 3 is 2.54 bits per heavy atom. The molecule has 0 saturated carbocycles. The van der Waals surface area contributed by atoms with Gasteiger partial charge in [-0.3, -0.25) is 10.1 Å². The van der Waals surface area contributed by atoms with E-state index in [9.17, 15) is 10.1 Å². The van der Waals surface area contributed by atoms with Crippen molar-refractivity contribution in [1.29, 1.82) is 0 Å². The smallest absolute Gasteiger partial charge is 0.274 e. The SMILES string of the molecule is CCNC(=NCc1ccccc1[N+](=O)[O-])NCCC(OCC)C(C)C.I. The number of aliphatic imine (C=N–C) groups is 1. The second kappa shape index (κ2) is 13.7. The van der Waals surface area contributed by atoms with Crippen molar-refractivity contribution in [3.8, 4) is 0 Å². The molecule has 2 N–H and O–H groups in total. The maximum absolute atomic E-state index is 11.1. The monoisotopic (exact) mass is 478 g/mol. The lowest BCUT2D eigenvalue weighted by Crippen LogP contribution is -2.39. The van der Waals surface area contributed by atoms with Gasteiger partial charge >= 0.3 is 0 Å². The highest BCUT2D eigenvalue weighted by Gasteiger charge is 2.14. The Balaban J connectivity index is 0.00000625. The third-order valence-corrected chi connectivity index (χ3v) is 3.79. The first-order valence-corrected chi connectivity index (χ1v) is 8.85. The summed E-state index contributed by atoms with van der Waals surface area (Å²) in [6, 6.07) is 6.68. The summed E-state index contributed by atoms with van der Waals surface area (Å²) < 4.78 is 5.74. The normalized spacial score (nSPS) is 12.4. The molecule has 0 bridgehead atoms. The van der Waals surface area contributed by atoms with Gasteiger partial charge in [0.1, 0.15) is 0 Å². The molecule has 0 saturated heterocycles. The quantitative estimate of drug-likeness (QED) is 0.176. The number of benzene rings is 1. The van der Waals surface area contributed by atoms with Gasteiger partial charge in [0.2, 0.25) is 0 Å². The van der Waals surface area contributed by atoms with Crippen molar-refractivity contribution in [2.75, 3.05) is 19.7 Å². The summed E-state index contributed by atoms with van der Waals surface area (Å²) in [5.74, 6) is 1.10. The third kappa shape index (κ3) is 8.79. The van der Waals surface area contributed by atoms with E-state index in [1.54, 1.807) is 18.2 Å². The van der Waals surface area contributed by atoms with Gasteiger partial charge < -0.3 is 15.4 Å². The standard InChI is InChI=1S/C18H30N4O3.HI/c1-5-19-18(20-12-11-17(14(3)4)25-6-2)21-13-15-9-7-8-10-16(15)22(23)24;/h7-10,14,17H,5-6,11-13H2,1-4H3,(H2,19,20,21);1H. The Kier molecular flexibility index (Phi) is 13.0. The lowest BCUT2D eigenvalue weighted by Gasteiger charge is -2.21. The van der Waals surface area contributed by atoms with Gasteiger partial charge in [-0.15, -0.1) is 24.0 Å². The molecule has 148 valence electrons. The third-order valence-electron chi connectivity index (χ3n) is 3.79. The predicted octanol–water partition coefficient (Wildman–Crippen LogP) is 3.72. The van der Waals surface area contributed by atoms with Gasteiger partial charge in [-0.05, 0) is 26.2 Å². The number of nitrogens with zero attached hydrogens (tertiary/aromatic N) is 2. The van der Waals surface area contributed by atoms with Crippen LogP contribution in [0.2, 0.25) is 0 Å². The van der Waals surface area contributed by atoms with Crippen molar-refractivity contribution in [1.82, 2.24) is 10.6 Å². The van der Waals surface area contributed by atoms with E-state index >= 15 is 0 Å². The van der Waals surface area contributed by atoms with Crippen molar-refractivity contribution in [2.24, 2.45) is 10.9 Å². The molecule has 0 aliphatic carbocycles. The van der Waals surface area contributed by atoms with Crippen LogP contribution in [-0.2, 0) is 11.3 Å². The summed E-state index contributed by atoms with van der Waals surface area (Å²) in [5.41, 5.74) is 0.692. The Morgan fingerprint density at radius 2 is 1.96 bits per heavy atom. The van der Waals surface area contributed by atoms with Crippen molar-refractivity contribution < 1.29 is 9.66 Å². The number of halogens is 1. The molecule has 0 spiro atoms. The molecule has 0 radical (unpaired) electrons. The summed E-state index contributed by atoms with van der Waals surface area (Å²) in [5, 5.41) is 17.5. The van der Waals surface area contributed by atoms with Crippen LogP contribution < -0.4 is 10.6 Å². The van der Waals surface area contributed by atoms with Crippen LogP contribution in [0.3, 0.4) is 0 Å². The van der Waals surface area contributed by atoms with Gasteiger partial charge in [-0.1, -0.05) is 32.0 Å². The van der Waals surface area contributed by atoms with Gasteiger partial charge in [-0.2, -0.15) is 0 Å². The molecule has 1 aromatic rings. The van der Waals surface area contributed by atoms with Crippen LogP contribution in [0.15, 0.2) is 29.3 Å². The van der Waals surface area contributed by atoms with Gasteiger partial charge in [-0.25, -0.2) is 4.99 Å². The summed E-state index contributed by atoms with van der Waals surface area (Å²) in [6.45, 7) is 10.7. The lowest BCUT2D eigenvalue weighted by molar-refractivity contribution is -0.385. The van der Waals surface area contributed by atoms with Gasteiger partial charge in [0.15, 0.2) is 5.96 Å². The molecule has 0 heterocycles. The second-order valence-electron chi connectivity index (χ2n) is 6.03. The number of rotatable bonds is 10. The molecule has 7 nitrogen and oxygen atoms in total. The van der Waals surface area contributed by atoms with Crippen LogP contribution in [0.5, 0.6) is 0 Å². The summed E-state index contributed by atoms with van der Waals surface area (Å²) in [7, 11) is 0. The Bertz CT molecular complexity index is 567. The van der Waals surface area contributed by atoms with E-state index in [0.717, 1.165) is 19.5 Å². The fraction of sp³-hybridized carbons (Fsp3) is 0.611. The van der Waals surface area contributed by atoms with Crippen molar-refractivity contribution in [3.05, 3.63) is 39.9 Å². The predicted molar refractivity (Wildman–Crippen MR) is 116 cm³/mol. The molecule has 1 unspecified atom stereocenters. The first-order valence-electron chi connectivity index (χ1n) is 8.85. The van der Waals surface area contributed by atoms with Crippen molar-refractivity contribution in [2.45, 2.75) is 46.8 Å². The minimum absolute atomic E-state index is 0. The average Bonchev–Trinajstić information content (AvgIpc) is 2.58. The molecular weight excluding hydrogens is 447 g/mol. The van der Waals surface area contributed by atoms with Crippen LogP contribution in [0, 0.1) is 16.0 Å². The summed E-state index contributed by atoms with van der Waals surface area (Å²) in [4.78, 5) is 15.2. The number of nitro groups is 1. The number of hydrogen-bond acceptors (Lipinski definition) is 4. The molecule has 0 aromatic heterocycles. The Labute approximate surface area is 173 Å². The van der Waals surface area contributed by atoms with E-state index in [-0.39, 0.29) is 47.2 Å². The van der Waals surface area contributed by atoms with Gasteiger partial charge in [0.05, 0.1) is 23.1 Å². The van der Waals surface area contributed by atoms with Crippen molar-refractivity contribution in [3.63, 3.8) is 0 Å². The molecule has 0 amide bonds. The number of hydrogen-bond donors (Lipinski definition) is 2. The van der Waals surface area contributed by atoms with Crippen LogP contribution in [0.25, 0.3) is 0 Å². The fourth-order valence-corrected chi connectivity index (χ4v) is 2.48. The van der Waals surface area contributed by atoms with Gasteiger partial charge in [0.25, 0.3) is 5.69 Å². The molecule has 1 rings (SSSR count). The number of ether oxygens (including phenoxy) is 1. The average molecular weight is 478 g/mol. The lowest BCUT2D eigenvalue weighted by atomic mass is 10.0. The largest absolute Gasteiger partial charge is 0.378 e. The topological polar surface area (TPSA) is 88.8 Å². The van der Waals surface area contributed by atoms with E-state index in [1.165, 1.54) is 6.07 Å². The molecule has 0 fully saturated rings. The second-order valence-corrected chi connectivity index (χ2v) is 6.03. The van der Waals surface area contributed by atoms with Crippen LogP contribution in [-0.4, -0.2) is 36.7 Å². The first-order chi connectivity index (χ1) is 12.0. The number of nitro benzene ring substituents is 1.